The topological polar surface area (TPSA) is 76.0 Å². The molecular weight excluding hydrogens is 260 g/mol. The van der Waals surface area contributed by atoms with Gasteiger partial charge in [0.2, 0.25) is 0 Å². The van der Waals surface area contributed by atoms with Crippen LogP contribution in [0.2, 0.25) is 0 Å². The smallest absolute Gasteiger partial charge is 0.316 e. The Morgan fingerprint density at radius 3 is 1.95 bits per heavy atom. The number of hydrogen-bond acceptors (Lipinski definition) is 5. The van der Waals surface area contributed by atoms with E-state index >= 15 is 0 Å². The van der Waals surface area contributed by atoms with Crippen molar-refractivity contribution in [2.24, 2.45) is 16.2 Å². The molecule has 0 rings (SSSR count). The number of aliphatic hydroxyl groups is 2. The molecule has 5 nitrogen and oxygen atoms in total. The minimum absolute atomic E-state index is 0.0609. The Morgan fingerprint density at radius 2 is 1.55 bits per heavy atom. The maximum Gasteiger partial charge on any atom is 0.316 e. The van der Waals surface area contributed by atoms with Crippen LogP contribution in [0.15, 0.2) is 0 Å². The Bertz CT molecular complexity index is 315. The van der Waals surface area contributed by atoms with Crippen LogP contribution in [0.4, 0.5) is 0 Å². The van der Waals surface area contributed by atoms with Gasteiger partial charge in [-0.3, -0.25) is 4.79 Å². The highest BCUT2D eigenvalue weighted by Crippen LogP contribution is 2.27. The number of rotatable bonds is 7. The molecule has 5 heteroatoms. The van der Waals surface area contributed by atoms with Crippen molar-refractivity contribution in [3.05, 3.63) is 0 Å². The molecule has 0 aromatic rings. The summed E-state index contributed by atoms with van der Waals surface area (Å²) in [5.74, 6) is -0.498. The monoisotopic (exact) mass is 290 g/mol. The number of hydrogen-bond donors (Lipinski definition) is 2. The average Bonchev–Trinajstić information content (AvgIpc) is 2.31. The van der Waals surface area contributed by atoms with Gasteiger partial charge in [0.15, 0.2) is 6.29 Å². The van der Waals surface area contributed by atoms with Crippen LogP contribution in [-0.4, -0.2) is 42.3 Å². The molecule has 0 saturated heterocycles. The summed E-state index contributed by atoms with van der Waals surface area (Å²) >= 11 is 0. The molecule has 0 radical (unpaired) electrons. The number of aliphatic hydroxyl groups excluding tert-OH is 2. The fourth-order valence-corrected chi connectivity index (χ4v) is 1.13. The summed E-state index contributed by atoms with van der Waals surface area (Å²) in [5.41, 5.74) is -1.75. The molecule has 0 aliphatic rings. The van der Waals surface area contributed by atoms with E-state index in [-0.39, 0.29) is 25.2 Å². The lowest BCUT2D eigenvalue weighted by Crippen LogP contribution is -2.42. The number of esters is 1. The largest absolute Gasteiger partial charge is 0.465 e. The SMILES string of the molecule is CC(C)(C)COC(=O)C(C)(C)C(O)OCC(C)(C)CO. The third-order valence-electron chi connectivity index (χ3n) is 2.84. The van der Waals surface area contributed by atoms with Crippen molar-refractivity contribution in [1.29, 1.82) is 0 Å². The maximum atomic E-state index is 12.0. The fraction of sp³-hybridized carbons (Fsp3) is 0.933. The second-order valence-electron chi connectivity index (χ2n) is 7.84. The second-order valence-corrected chi connectivity index (χ2v) is 7.84. The first-order chi connectivity index (χ1) is 8.82. The summed E-state index contributed by atoms with van der Waals surface area (Å²) in [5, 5.41) is 19.2. The van der Waals surface area contributed by atoms with Crippen LogP contribution in [0, 0.1) is 16.2 Å². The van der Waals surface area contributed by atoms with Gasteiger partial charge in [-0.1, -0.05) is 34.6 Å². The highest BCUT2D eigenvalue weighted by molar-refractivity contribution is 5.76. The molecular formula is C15H30O5. The summed E-state index contributed by atoms with van der Waals surface area (Å²) in [6.07, 6.45) is -1.28. The first-order valence-electron chi connectivity index (χ1n) is 6.90. The first-order valence-corrected chi connectivity index (χ1v) is 6.90. The fourth-order valence-electron chi connectivity index (χ4n) is 1.13. The van der Waals surface area contributed by atoms with Crippen LogP contribution in [0.25, 0.3) is 0 Å². The lowest BCUT2D eigenvalue weighted by atomic mass is 9.91. The normalized spacial score (nSPS) is 15.1. The summed E-state index contributed by atoms with van der Waals surface area (Å²) in [7, 11) is 0. The first kappa shape index (κ1) is 19.4. The van der Waals surface area contributed by atoms with E-state index in [4.69, 9.17) is 14.6 Å². The molecule has 0 amide bonds. The molecule has 0 fully saturated rings. The van der Waals surface area contributed by atoms with E-state index in [1.165, 1.54) is 0 Å². The van der Waals surface area contributed by atoms with Crippen molar-refractivity contribution in [2.75, 3.05) is 19.8 Å². The van der Waals surface area contributed by atoms with Gasteiger partial charge in [0.05, 0.1) is 19.8 Å². The average molecular weight is 290 g/mol. The molecule has 0 spiro atoms. The van der Waals surface area contributed by atoms with Gasteiger partial charge < -0.3 is 19.7 Å². The van der Waals surface area contributed by atoms with Gasteiger partial charge in [0.25, 0.3) is 0 Å². The Kier molecular flexibility index (Phi) is 6.65. The molecule has 0 aliphatic carbocycles. The van der Waals surface area contributed by atoms with Gasteiger partial charge in [-0.05, 0) is 19.3 Å². The van der Waals surface area contributed by atoms with Gasteiger partial charge in [0.1, 0.15) is 5.41 Å². The zero-order chi connectivity index (χ0) is 16.2. The van der Waals surface area contributed by atoms with Crippen molar-refractivity contribution in [1.82, 2.24) is 0 Å². The Hall–Kier alpha value is -0.650. The molecule has 2 N–H and O–H groups in total. The van der Waals surface area contributed by atoms with E-state index < -0.39 is 23.1 Å². The molecule has 0 aromatic heterocycles. The van der Waals surface area contributed by atoms with Crippen LogP contribution in [0.3, 0.4) is 0 Å². The van der Waals surface area contributed by atoms with E-state index in [0.717, 1.165) is 0 Å². The highest BCUT2D eigenvalue weighted by atomic mass is 16.6. The molecule has 0 bridgehead atoms. The lowest BCUT2D eigenvalue weighted by molar-refractivity contribution is -0.204. The van der Waals surface area contributed by atoms with Crippen LogP contribution in [-0.2, 0) is 14.3 Å². The second kappa shape index (κ2) is 6.87. The van der Waals surface area contributed by atoms with Crippen molar-refractivity contribution < 1.29 is 24.5 Å². The molecule has 20 heavy (non-hydrogen) atoms. The van der Waals surface area contributed by atoms with Crippen LogP contribution in [0.5, 0.6) is 0 Å². The number of carbonyl (C=O) groups is 1. The predicted molar refractivity (Wildman–Crippen MR) is 77.0 cm³/mol. The van der Waals surface area contributed by atoms with E-state index in [9.17, 15) is 9.90 Å². The Morgan fingerprint density at radius 1 is 1.05 bits per heavy atom. The van der Waals surface area contributed by atoms with Crippen LogP contribution >= 0.6 is 0 Å². The zero-order valence-electron chi connectivity index (χ0n) is 13.8. The van der Waals surface area contributed by atoms with E-state index in [1.807, 2.05) is 34.6 Å². The Balaban J connectivity index is 4.50. The third kappa shape index (κ3) is 6.68. The van der Waals surface area contributed by atoms with E-state index in [1.54, 1.807) is 13.8 Å². The van der Waals surface area contributed by atoms with Crippen LogP contribution < -0.4 is 0 Å². The summed E-state index contributed by atoms with van der Waals surface area (Å²) in [6.45, 7) is 13.0. The predicted octanol–water partition coefficient (Wildman–Crippen LogP) is 1.96. The molecule has 0 saturated carbocycles. The zero-order valence-corrected chi connectivity index (χ0v) is 13.8. The number of ether oxygens (including phenoxy) is 2. The number of carbonyl (C=O) groups excluding carboxylic acids is 1. The van der Waals surface area contributed by atoms with E-state index in [2.05, 4.69) is 0 Å². The van der Waals surface area contributed by atoms with Gasteiger partial charge in [0, 0.05) is 5.41 Å². The van der Waals surface area contributed by atoms with Gasteiger partial charge >= 0.3 is 5.97 Å². The van der Waals surface area contributed by atoms with Gasteiger partial charge in [-0.2, -0.15) is 0 Å². The van der Waals surface area contributed by atoms with Crippen molar-refractivity contribution >= 4 is 5.97 Å². The maximum absolute atomic E-state index is 12.0. The van der Waals surface area contributed by atoms with Gasteiger partial charge in [-0.15, -0.1) is 0 Å². The molecule has 1 unspecified atom stereocenters. The van der Waals surface area contributed by atoms with E-state index in [0.29, 0.717) is 0 Å². The van der Waals surface area contributed by atoms with Crippen molar-refractivity contribution in [2.45, 2.75) is 54.8 Å². The Labute approximate surface area is 122 Å². The van der Waals surface area contributed by atoms with Gasteiger partial charge in [-0.25, -0.2) is 0 Å². The van der Waals surface area contributed by atoms with Crippen molar-refractivity contribution in [3.8, 4) is 0 Å². The molecule has 120 valence electrons. The standard InChI is InChI=1S/C15H30O5/c1-13(2,3)9-19-11(17)15(6,7)12(18)20-10-14(4,5)8-16/h12,16,18H,8-10H2,1-7H3. The summed E-state index contributed by atoms with van der Waals surface area (Å²) < 4.78 is 10.5. The lowest BCUT2D eigenvalue weighted by Gasteiger charge is -2.32. The minimum Gasteiger partial charge on any atom is -0.465 e. The third-order valence-corrected chi connectivity index (χ3v) is 2.84. The quantitative estimate of drug-likeness (QED) is 0.553. The molecule has 0 aliphatic heterocycles. The summed E-state index contributed by atoms with van der Waals surface area (Å²) in [6, 6.07) is 0. The molecule has 1 atom stereocenters. The highest BCUT2D eigenvalue weighted by Gasteiger charge is 2.39. The van der Waals surface area contributed by atoms with Crippen molar-refractivity contribution in [3.63, 3.8) is 0 Å². The summed E-state index contributed by atoms with van der Waals surface area (Å²) in [4.78, 5) is 12.0. The molecule has 0 heterocycles. The van der Waals surface area contributed by atoms with Crippen LogP contribution in [0.1, 0.15) is 48.5 Å². The molecule has 0 aromatic carbocycles. The minimum atomic E-state index is -1.28.